The number of rotatable bonds is 7. The van der Waals surface area contributed by atoms with Crippen molar-refractivity contribution in [1.29, 1.82) is 0 Å². The molecule has 0 spiro atoms. The quantitative estimate of drug-likeness (QED) is 0.666. The molecule has 1 heterocycles. The zero-order valence-electron chi connectivity index (χ0n) is 15.3. The summed E-state index contributed by atoms with van der Waals surface area (Å²) in [4.78, 5) is 12.7. The first kappa shape index (κ1) is 19.3. The number of carbonyl (C=O) groups excluding carboxylic acids is 1. The molecule has 1 aromatic heterocycles. The minimum absolute atomic E-state index is 0.0273. The second-order valence-corrected chi connectivity index (χ2v) is 5.97. The maximum Gasteiger partial charge on any atom is 0.387 e. The standard InChI is InChI=1S/C20H19F2N3O3/c1-13(14-7-6-10-16(11-14)28-20(21)22)23-19(26)18-17(27-2)12-25(24-18)15-8-4-3-5-9-15/h3-13,20H,1-2H3,(H,23,26). The average Bonchev–Trinajstić information content (AvgIpc) is 3.13. The topological polar surface area (TPSA) is 65.4 Å². The third kappa shape index (κ3) is 4.46. The molecular formula is C20H19F2N3O3. The van der Waals surface area contributed by atoms with Crippen LogP contribution in [-0.2, 0) is 0 Å². The van der Waals surface area contributed by atoms with Crippen LogP contribution in [0, 0.1) is 0 Å². The Balaban J connectivity index is 1.78. The maximum absolute atomic E-state index is 12.7. The third-order valence-electron chi connectivity index (χ3n) is 4.07. The van der Waals surface area contributed by atoms with Gasteiger partial charge in [0.05, 0.1) is 25.0 Å². The molecule has 0 aliphatic heterocycles. The number of nitrogens with one attached hydrogen (secondary N) is 1. The number of aromatic nitrogens is 2. The van der Waals surface area contributed by atoms with Crippen molar-refractivity contribution in [1.82, 2.24) is 15.1 Å². The number of benzene rings is 2. The summed E-state index contributed by atoms with van der Waals surface area (Å²) in [6.07, 6.45) is 1.62. The second-order valence-electron chi connectivity index (χ2n) is 5.97. The lowest BCUT2D eigenvalue weighted by molar-refractivity contribution is -0.0499. The number of methoxy groups -OCH3 is 1. The molecule has 6 nitrogen and oxygen atoms in total. The monoisotopic (exact) mass is 387 g/mol. The van der Waals surface area contributed by atoms with Crippen molar-refractivity contribution in [3.05, 3.63) is 72.1 Å². The largest absolute Gasteiger partial charge is 0.493 e. The molecule has 3 aromatic rings. The molecule has 0 bridgehead atoms. The zero-order valence-corrected chi connectivity index (χ0v) is 15.3. The normalized spacial score (nSPS) is 11.9. The molecule has 2 aromatic carbocycles. The van der Waals surface area contributed by atoms with Crippen molar-refractivity contribution < 1.29 is 23.0 Å². The third-order valence-corrected chi connectivity index (χ3v) is 4.07. The summed E-state index contributed by atoms with van der Waals surface area (Å²) in [7, 11) is 1.46. The van der Waals surface area contributed by atoms with Gasteiger partial charge in [-0.15, -0.1) is 0 Å². The molecule has 0 saturated carbocycles. The predicted octanol–water partition coefficient (Wildman–Crippen LogP) is 3.97. The van der Waals surface area contributed by atoms with Crippen LogP contribution in [0.4, 0.5) is 8.78 Å². The average molecular weight is 387 g/mol. The highest BCUT2D eigenvalue weighted by Crippen LogP contribution is 2.23. The van der Waals surface area contributed by atoms with Gasteiger partial charge in [-0.2, -0.15) is 13.9 Å². The first-order chi connectivity index (χ1) is 13.5. The Morgan fingerprint density at radius 1 is 1.14 bits per heavy atom. The maximum atomic E-state index is 12.7. The van der Waals surface area contributed by atoms with Crippen LogP contribution in [0.1, 0.15) is 29.0 Å². The highest BCUT2D eigenvalue weighted by molar-refractivity contribution is 5.95. The number of alkyl halides is 2. The first-order valence-corrected chi connectivity index (χ1v) is 8.52. The molecule has 1 N–H and O–H groups in total. The fourth-order valence-corrected chi connectivity index (χ4v) is 2.69. The van der Waals surface area contributed by atoms with Gasteiger partial charge in [-0.1, -0.05) is 30.3 Å². The van der Waals surface area contributed by atoms with Crippen LogP contribution in [0.25, 0.3) is 5.69 Å². The fraction of sp³-hybridized carbons (Fsp3) is 0.200. The van der Waals surface area contributed by atoms with Crippen LogP contribution in [0.3, 0.4) is 0 Å². The number of carbonyl (C=O) groups is 1. The zero-order chi connectivity index (χ0) is 20.1. The van der Waals surface area contributed by atoms with Crippen LogP contribution >= 0.6 is 0 Å². The molecule has 0 fully saturated rings. The van der Waals surface area contributed by atoms with Gasteiger partial charge in [-0.3, -0.25) is 4.79 Å². The molecule has 1 amide bonds. The number of halogens is 2. The van der Waals surface area contributed by atoms with Crippen molar-refractivity contribution in [3.8, 4) is 17.2 Å². The number of amides is 1. The van der Waals surface area contributed by atoms with E-state index in [0.29, 0.717) is 11.3 Å². The Morgan fingerprint density at radius 3 is 2.57 bits per heavy atom. The molecule has 3 rings (SSSR count). The Bertz CT molecular complexity index is 945. The molecule has 0 radical (unpaired) electrons. The predicted molar refractivity (Wildman–Crippen MR) is 99.1 cm³/mol. The number of hydrogen-bond acceptors (Lipinski definition) is 4. The van der Waals surface area contributed by atoms with E-state index < -0.39 is 18.6 Å². The van der Waals surface area contributed by atoms with E-state index in [1.807, 2.05) is 30.3 Å². The Hall–Kier alpha value is -3.42. The van der Waals surface area contributed by atoms with Crippen LogP contribution in [0.2, 0.25) is 0 Å². The van der Waals surface area contributed by atoms with Gasteiger partial charge in [0, 0.05) is 0 Å². The summed E-state index contributed by atoms with van der Waals surface area (Å²) in [5.41, 5.74) is 1.52. The Kier molecular flexibility index (Phi) is 5.88. The first-order valence-electron chi connectivity index (χ1n) is 8.52. The summed E-state index contributed by atoms with van der Waals surface area (Å²) in [5, 5.41) is 7.11. The number of para-hydroxylation sites is 1. The van der Waals surface area contributed by atoms with E-state index in [9.17, 15) is 13.6 Å². The summed E-state index contributed by atoms with van der Waals surface area (Å²) in [6.45, 7) is -1.17. The molecular weight excluding hydrogens is 368 g/mol. The molecule has 0 saturated heterocycles. The molecule has 28 heavy (non-hydrogen) atoms. The summed E-state index contributed by atoms with van der Waals surface area (Å²) < 4.78 is 36.0. The lowest BCUT2D eigenvalue weighted by Gasteiger charge is -2.15. The Morgan fingerprint density at radius 2 is 1.89 bits per heavy atom. The van der Waals surface area contributed by atoms with Crippen LogP contribution in [-0.4, -0.2) is 29.4 Å². The van der Waals surface area contributed by atoms with Crippen LogP contribution < -0.4 is 14.8 Å². The van der Waals surface area contributed by atoms with E-state index in [0.717, 1.165) is 5.69 Å². The smallest absolute Gasteiger partial charge is 0.387 e. The van der Waals surface area contributed by atoms with Gasteiger partial charge >= 0.3 is 6.61 Å². The summed E-state index contributed by atoms with van der Waals surface area (Å²) in [5.74, 6) is -0.0953. The molecule has 0 aliphatic carbocycles. The van der Waals surface area contributed by atoms with Crippen molar-refractivity contribution in [2.45, 2.75) is 19.6 Å². The number of ether oxygens (including phenoxy) is 2. The van der Waals surface area contributed by atoms with E-state index in [4.69, 9.17) is 4.74 Å². The van der Waals surface area contributed by atoms with Crippen molar-refractivity contribution >= 4 is 5.91 Å². The van der Waals surface area contributed by atoms with E-state index in [1.165, 1.54) is 19.2 Å². The van der Waals surface area contributed by atoms with Gasteiger partial charge in [0.1, 0.15) is 5.75 Å². The minimum atomic E-state index is -2.91. The van der Waals surface area contributed by atoms with E-state index in [2.05, 4.69) is 15.2 Å². The molecule has 1 unspecified atom stereocenters. The molecule has 146 valence electrons. The van der Waals surface area contributed by atoms with Crippen molar-refractivity contribution in [2.24, 2.45) is 0 Å². The van der Waals surface area contributed by atoms with E-state index in [-0.39, 0.29) is 11.4 Å². The molecule has 0 aliphatic rings. The SMILES string of the molecule is COc1cn(-c2ccccc2)nc1C(=O)NC(C)c1cccc(OC(F)F)c1. The minimum Gasteiger partial charge on any atom is -0.493 e. The summed E-state index contributed by atoms with van der Waals surface area (Å²) >= 11 is 0. The lowest BCUT2D eigenvalue weighted by atomic mass is 10.1. The number of nitrogens with zero attached hydrogens (tertiary/aromatic N) is 2. The van der Waals surface area contributed by atoms with Crippen LogP contribution in [0.5, 0.6) is 11.5 Å². The van der Waals surface area contributed by atoms with Gasteiger partial charge in [0.15, 0.2) is 11.4 Å². The van der Waals surface area contributed by atoms with Gasteiger partial charge < -0.3 is 14.8 Å². The number of hydrogen-bond donors (Lipinski definition) is 1. The fourth-order valence-electron chi connectivity index (χ4n) is 2.69. The van der Waals surface area contributed by atoms with E-state index in [1.54, 1.807) is 29.9 Å². The molecule has 1 atom stereocenters. The van der Waals surface area contributed by atoms with Crippen molar-refractivity contribution in [2.75, 3.05) is 7.11 Å². The van der Waals surface area contributed by atoms with Crippen molar-refractivity contribution in [3.63, 3.8) is 0 Å². The molecule has 8 heteroatoms. The van der Waals surface area contributed by atoms with Crippen LogP contribution in [0.15, 0.2) is 60.8 Å². The van der Waals surface area contributed by atoms with Gasteiger partial charge in [0.25, 0.3) is 5.91 Å². The van der Waals surface area contributed by atoms with Gasteiger partial charge in [-0.05, 0) is 36.8 Å². The van der Waals surface area contributed by atoms with E-state index >= 15 is 0 Å². The summed E-state index contributed by atoms with van der Waals surface area (Å²) in [6, 6.07) is 15.0. The Labute approximate surface area is 160 Å². The van der Waals surface area contributed by atoms with Gasteiger partial charge in [-0.25, -0.2) is 4.68 Å². The second kappa shape index (κ2) is 8.51. The highest BCUT2D eigenvalue weighted by atomic mass is 19.3. The lowest BCUT2D eigenvalue weighted by Crippen LogP contribution is -2.27. The van der Waals surface area contributed by atoms with Gasteiger partial charge in [0.2, 0.25) is 0 Å². The highest BCUT2D eigenvalue weighted by Gasteiger charge is 2.21.